The Morgan fingerprint density at radius 1 is 1.00 bits per heavy atom. The first-order chi connectivity index (χ1) is 19.1. The van der Waals surface area contributed by atoms with Crippen molar-refractivity contribution in [1.82, 2.24) is 9.97 Å². The van der Waals surface area contributed by atoms with Crippen LogP contribution in [0.2, 0.25) is 0 Å². The first-order valence-electron chi connectivity index (χ1n) is 13.0. The number of ether oxygens (including phenoxy) is 1. The fourth-order valence-corrected chi connectivity index (χ4v) is 5.26. The van der Waals surface area contributed by atoms with Gasteiger partial charge in [-0.2, -0.15) is 31.3 Å². The van der Waals surface area contributed by atoms with Gasteiger partial charge in [-0.3, -0.25) is 9.88 Å². The van der Waals surface area contributed by atoms with Gasteiger partial charge in [-0.15, -0.1) is 0 Å². The Balaban J connectivity index is 1.91. The number of rotatable bonds is 6. The number of fused-ring (bicyclic) bond motifs is 1. The highest BCUT2D eigenvalue weighted by atomic mass is 19.4. The van der Waals surface area contributed by atoms with Crippen LogP contribution in [-0.2, 0) is 23.6 Å². The zero-order valence-electron chi connectivity index (χ0n) is 23.2. The van der Waals surface area contributed by atoms with Gasteiger partial charge in [0.15, 0.2) is 0 Å². The second-order valence-electron chi connectivity index (χ2n) is 9.98. The van der Waals surface area contributed by atoms with Crippen LogP contribution in [-0.4, -0.2) is 28.7 Å². The summed E-state index contributed by atoms with van der Waals surface area (Å²) < 4.78 is 92.9. The van der Waals surface area contributed by atoms with Crippen LogP contribution in [0.4, 0.5) is 42.8 Å². The maximum absolute atomic E-state index is 13.7. The highest BCUT2D eigenvalue weighted by Crippen LogP contribution is 2.45. The van der Waals surface area contributed by atoms with Gasteiger partial charge in [-0.1, -0.05) is 6.92 Å². The van der Waals surface area contributed by atoms with Crippen LogP contribution in [0.3, 0.4) is 0 Å². The summed E-state index contributed by atoms with van der Waals surface area (Å²) in [6, 6.07) is 2.22. The molecular formula is C28H30F6N4O3. The number of aromatic nitrogens is 2. The third kappa shape index (κ3) is 6.28. The Morgan fingerprint density at radius 2 is 1.63 bits per heavy atom. The lowest BCUT2D eigenvalue weighted by Gasteiger charge is -2.44. The van der Waals surface area contributed by atoms with Gasteiger partial charge in [0.1, 0.15) is 6.26 Å². The molecule has 0 saturated carbocycles. The Hall–Kier alpha value is -3.77. The summed E-state index contributed by atoms with van der Waals surface area (Å²) >= 11 is 0. The molecule has 4 rings (SSSR count). The van der Waals surface area contributed by atoms with Crippen molar-refractivity contribution >= 4 is 17.8 Å². The second kappa shape index (κ2) is 11.2. The Labute approximate surface area is 233 Å². The number of alkyl halides is 6. The molecule has 0 N–H and O–H groups in total. The Bertz CT molecular complexity index is 1390. The van der Waals surface area contributed by atoms with Gasteiger partial charge in [-0.05, 0) is 70.4 Å². The molecule has 13 heteroatoms. The lowest BCUT2D eigenvalue weighted by atomic mass is 9.88. The summed E-state index contributed by atoms with van der Waals surface area (Å²) in [7, 11) is 0. The van der Waals surface area contributed by atoms with E-state index in [9.17, 15) is 31.1 Å². The topological polar surface area (TPSA) is 71.7 Å². The average Bonchev–Trinajstić information content (AvgIpc) is 3.31. The molecule has 0 fully saturated rings. The highest BCUT2D eigenvalue weighted by Gasteiger charge is 2.42. The van der Waals surface area contributed by atoms with Gasteiger partial charge in [0, 0.05) is 23.8 Å². The monoisotopic (exact) mass is 584 g/mol. The summed E-state index contributed by atoms with van der Waals surface area (Å²) in [6.45, 7) is 8.46. The number of nitrogens with zero attached hydrogens (tertiary/aromatic N) is 4. The SMILES string of the molecule is CCOC(=O)N1c2c(cc(C)nc2C)C(N(Cc2cc(C(F)(F)F)cc(C(F)(F)F)c2)c2nc(C)co2)CC1CC. The summed E-state index contributed by atoms with van der Waals surface area (Å²) in [4.78, 5) is 25.1. The van der Waals surface area contributed by atoms with E-state index in [-0.39, 0.29) is 37.2 Å². The number of carbonyl (C=O) groups is 1. The molecule has 1 aliphatic rings. The van der Waals surface area contributed by atoms with Crippen LogP contribution in [0.5, 0.6) is 0 Å². The van der Waals surface area contributed by atoms with E-state index < -0.39 is 41.7 Å². The van der Waals surface area contributed by atoms with Crippen LogP contribution in [0.25, 0.3) is 0 Å². The molecule has 0 aliphatic carbocycles. The van der Waals surface area contributed by atoms with Crippen molar-refractivity contribution in [2.45, 2.75) is 78.4 Å². The van der Waals surface area contributed by atoms with Crippen molar-refractivity contribution < 1.29 is 40.3 Å². The summed E-state index contributed by atoms with van der Waals surface area (Å²) in [5.41, 5.74) is -0.352. The smallest absolute Gasteiger partial charge is 0.416 e. The quantitative estimate of drug-likeness (QED) is 0.274. The third-order valence-corrected chi connectivity index (χ3v) is 6.95. The molecule has 0 bridgehead atoms. The van der Waals surface area contributed by atoms with Crippen molar-refractivity contribution in [3.8, 4) is 0 Å². The van der Waals surface area contributed by atoms with Gasteiger partial charge < -0.3 is 14.1 Å². The lowest BCUT2D eigenvalue weighted by molar-refractivity contribution is -0.143. The largest absolute Gasteiger partial charge is 0.449 e. The number of anilines is 2. The van der Waals surface area contributed by atoms with Gasteiger partial charge in [0.25, 0.3) is 6.01 Å². The minimum absolute atomic E-state index is 0.0241. The Kier molecular flexibility index (Phi) is 8.28. The molecule has 0 saturated heterocycles. The van der Waals surface area contributed by atoms with Crippen molar-refractivity contribution in [2.75, 3.05) is 16.4 Å². The molecule has 2 unspecified atom stereocenters. The van der Waals surface area contributed by atoms with Crippen LogP contribution in [0, 0.1) is 20.8 Å². The zero-order valence-corrected chi connectivity index (χ0v) is 23.2. The second-order valence-corrected chi connectivity index (χ2v) is 9.98. The van der Waals surface area contributed by atoms with E-state index in [1.165, 1.54) is 11.2 Å². The van der Waals surface area contributed by atoms with Crippen LogP contribution >= 0.6 is 0 Å². The molecule has 1 aromatic carbocycles. The molecule has 3 aromatic rings. The number of benzene rings is 1. The average molecular weight is 585 g/mol. The van der Waals surface area contributed by atoms with Crippen LogP contribution in [0.1, 0.15) is 72.1 Å². The molecule has 0 spiro atoms. The third-order valence-electron chi connectivity index (χ3n) is 6.95. The predicted octanol–water partition coefficient (Wildman–Crippen LogP) is 7.93. The molecule has 1 amide bonds. The normalized spacial score (nSPS) is 17.4. The van der Waals surface area contributed by atoms with E-state index in [1.807, 2.05) is 6.92 Å². The molecule has 0 radical (unpaired) electrons. The van der Waals surface area contributed by atoms with Crippen LogP contribution < -0.4 is 9.80 Å². The molecule has 7 nitrogen and oxygen atoms in total. The van der Waals surface area contributed by atoms with E-state index >= 15 is 0 Å². The molecule has 2 atom stereocenters. The number of halogens is 6. The highest BCUT2D eigenvalue weighted by molar-refractivity contribution is 5.91. The number of carbonyl (C=O) groups excluding carboxylic acids is 1. The van der Waals surface area contributed by atoms with E-state index in [0.29, 0.717) is 46.9 Å². The van der Waals surface area contributed by atoms with Gasteiger partial charge in [0.05, 0.1) is 40.9 Å². The number of aryl methyl sites for hydroxylation is 3. The fraction of sp³-hybridized carbons (Fsp3) is 0.464. The van der Waals surface area contributed by atoms with Crippen molar-refractivity contribution in [3.63, 3.8) is 0 Å². The van der Waals surface area contributed by atoms with Crippen molar-refractivity contribution in [3.05, 3.63) is 69.9 Å². The molecule has 222 valence electrons. The zero-order chi connectivity index (χ0) is 30.3. The number of hydrogen-bond acceptors (Lipinski definition) is 6. The summed E-state index contributed by atoms with van der Waals surface area (Å²) in [6.07, 6.45) is -8.44. The maximum Gasteiger partial charge on any atom is 0.416 e. The van der Waals surface area contributed by atoms with E-state index in [0.717, 1.165) is 0 Å². The van der Waals surface area contributed by atoms with Crippen molar-refractivity contribution in [1.29, 1.82) is 0 Å². The number of pyridine rings is 1. The predicted molar refractivity (Wildman–Crippen MR) is 139 cm³/mol. The van der Waals surface area contributed by atoms with Crippen LogP contribution in [0.15, 0.2) is 34.9 Å². The summed E-state index contributed by atoms with van der Waals surface area (Å²) in [5.74, 6) is 0. The number of hydrogen-bond donors (Lipinski definition) is 0. The van der Waals surface area contributed by atoms with Gasteiger partial charge >= 0.3 is 18.4 Å². The number of oxazole rings is 1. The lowest BCUT2D eigenvalue weighted by Crippen LogP contribution is -2.48. The molecule has 1 aliphatic heterocycles. The maximum atomic E-state index is 13.7. The Morgan fingerprint density at radius 3 is 2.15 bits per heavy atom. The van der Waals surface area contributed by atoms with E-state index in [2.05, 4.69) is 9.97 Å². The standard InChI is InChI=1S/C28H30F6N4O3/c1-6-21-12-23(22-8-15(3)35-17(5)24(22)38(21)26(39)40-7-2)37(25-36-16(4)14-41-25)13-18-9-19(27(29,30)31)11-20(10-18)28(32,33)34/h8-11,14,21,23H,6-7,12-13H2,1-5H3. The summed E-state index contributed by atoms with van der Waals surface area (Å²) in [5, 5.41) is 0. The molecule has 3 heterocycles. The first kappa shape index (κ1) is 30.2. The van der Waals surface area contributed by atoms with Crippen molar-refractivity contribution in [2.24, 2.45) is 0 Å². The van der Waals surface area contributed by atoms with E-state index in [1.54, 1.807) is 38.7 Å². The fourth-order valence-electron chi connectivity index (χ4n) is 5.26. The van der Waals surface area contributed by atoms with Gasteiger partial charge in [0.2, 0.25) is 0 Å². The minimum Gasteiger partial charge on any atom is -0.449 e. The molecular weight excluding hydrogens is 554 g/mol. The first-order valence-corrected chi connectivity index (χ1v) is 13.0. The minimum atomic E-state index is -4.99. The molecule has 41 heavy (non-hydrogen) atoms. The van der Waals surface area contributed by atoms with E-state index in [4.69, 9.17) is 9.15 Å². The number of amides is 1. The molecule has 2 aromatic heterocycles. The van der Waals surface area contributed by atoms with Gasteiger partial charge in [-0.25, -0.2) is 4.79 Å².